The number of ketones is 3. The Labute approximate surface area is 387 Å². The van der Waals surface area contributed by atoms with Crippen LogP contribution >= 0.6 is 0 Å². The Morgan fingerprint density at radius 2 is 1.55 bits per heavy atom. The van der Waals surface area contributed by atoms with Gasteiger partial charge in [-0.25, -0.2) is 9.97 Å². The number of Topliss-reactive ketones (excluding diaryl/α,β-unsaturated/α-hetero) is 3. The molecule has 4 atom stereocenters. The lowest BCUT2D eigenvalue weighted by molar-refractivity contribution is -0.142. The van der Waals surface area contributed by atoms with E-state index < -0.39 is 41.5 Å². The van der Waals surface area contributed by atoms with E-state index in [4.69, 9.17) is 36.6 Å². The van der Waals surface area contributed by atoms with Crippen LogP contribution in [0.25, 0.3) is 28.6 Å². The number of likely N-dealkylation sites (N-methyl/N-ethyl adjacent to an activating group) is 1. The number of rotatable bonds is 19. The lowest BCUT2D eigenvalue weighted by Gasteiger charge is -2.32. The zero-order chi connectivity index (χ0) is 47.9. The van der Waals surface area contributed by atoms with E-state index in [1.54, 1.807) is 51.1 Å². The van der Waals surface area contributed by atoms with Crippen LogP contribution in [0.15, 0.2) is 66.7 Å². The molecule has 1 aliphatic rings. The van der Waals surface area contributed by atoms with Crippen LogP contribution in [0.4, 0.5) is 0 Å². The molecule has 4 bridgehead atoms. The van der Waals surface area contributed by atoms with Crippen molar-refractivity contribution in [3.8, 4) is 40.1 Å². The Morgan fingerprint density at radius 1 is 0.909 bits per heavy atom. The predicted octanol–water partition coefficient (Wildman–Crippen LogP) is 5.77. The van der Waals surface area contributed by atoms with Crippen LogP contribution in [0.3, 0.4) is 0 Å². The molecule has 2 heterocycles. The van der Waals surface area contributed by atoms with Gasteiger partial charge in [-0.3, -0.25) is 24.0 Å². The quantitative estimate of drug-likeness (QED) is 0.0818. The number of nitriles is 1. The van der Waals surface area contributed by atoms with Crippen LogP contribution in [-0.2, 0) is 25.6 Å². The van der Waals surface area contributed by atoms with Crippen molar-refractivity contribution in [2.24, 2.45) is 29.0 Å². The Morgan fingerprint density at radius 3 is 2.15 bits per heavy atom. The molecule has 3 aromatic carbocycles. The van der Waals surface area contributed by atoms with E-state index >= 15 is 0 Å². The molecule has 15 heteroatoms. The number of amides is 2. The highest BCUT2D eigenvalue weighted by atomic mass is 16.5. The molecule has 15 nitrogen and oxygen atoms in total. The highest BCUT2D eigenvalue weighted by Crippen LogP contribution is 2.41. The van der Waals surface area contributed by atoms with Crippen molar-refractivity contribution in [3.63, 3.8) is 0 Å². The average Bonchev–Trinajstić information content (AvgIpc) is 3.30. The molecule has 4 aromatic rings. The van der Waals surface area contributed by atoms with E-state index in [0.29, 0.717) is 56.5 Å². The summed E-state index contributed by atoms with van der Waals surface area (Å²) < 4.78 is 12.3. The highest BCUT2D eigenvalue weighted by molar-refractivity contribution is 6.01. The number of fused-ring (bicyclic) bond motifs is 5. The summed E-state index contributed by atoms with van der Waals surface area (Å²) in [5.74, 6) is -2.70. The van der Waals surface area contributed by atoms with Crippen LogP contribution in [0.1, 0.15) is 96.9 Å². The largest absolute Gasteiger partial charge is 0.492 e. The minimum absolute atomic E-state index is 0.0322. The molecular formula is C51H62N8O7. The van der Waals surface area contributed by atoms with Crippen molar-refractivity contribution in [1.29, 1.82) is 5.26 Å². The summed E-state index contributed by atoms with van der Waals surface area (Å²) in [4.78, 5) is 81.8. The van der Waals surface area contributed by atoms with E-state index in [2.05, 4.69) is 18.3 Å². The second-order valence-electron chi connectivity index (χ2n) is 16.6. The van der Waals surface area contributed by atoms with Gasteiger partial charge in [-0.15, -0.1) is 0 Å². The minimum atomic E-state index is -1.24. The summed E-state index contributed by atoms with van der Waals surface area (Å²) in [6.45, 7) is 7.98. The van der Waals surface area contributed by atoms with Crippen LogP contribution in [0.5, 0.6) is 11.5 Å². The molecule has 0 aliphatic carbocycles. The number of nitrogens with two attached hydrogens (primary N) is 3. The lowest BCUT2D eigenvalue weighted by Crippen LogP contribution is -2.46. The second kappa shape index (κ2) is 24.1. The molecule has 1 aliphatic heterocycles. The number of allylic oxidation sites excluding steroid dienone is 1. The molecule has 0 saturated carbocycles. The van der Waals surface area contributed by atoms with Gasteiger partial charge in [0.1, 0.15) is 30.8 Å². The van der Waals surface area contributed by atoms with Crippen molar-refractivity contribution in [2.45, 2.75) is 84.7 Å². The van der Waals surface area contributed by atoms with E-state index in [9.17, 15) is 29.2 Å². The molecule has 0 spiro atoms. The molecular weight excluding hydrogens is 837 g/mol. The van der Waals surface area contributed by atoms with Crippen molar-refractivity contribution < 1.29 is 33.4 Å². The normalized spacial score (nSPS) is 16.7. The number of hydrogen-bond acceptors (Lipinski definition) is 13. The summed E-state index contributed by atoms with van der Waals surface area (Å²) in [7, 11) is 1.50. The van der Waals surface area contributed by atoms with Gasteiger partial charge in [0.05, 0.1) is 29.1 Å². The Balaban J connectivity index is 1.56. The Hall–Kier alpha value is -6.60. The molecule has 0 fully saturated rings. The maximum atomic E-state index is 14.8. The number of hydrogen-bond donors (Lipinski definition) is 4. The monoisotopic (exact) mass is 898 g/mol. The summed E-state index contributed by atoms with van der Waals surface area (Å²) >= 11 is 0. The third kappa shape index (κ3) is 12.6. The Bertz CT molecular complexity index is 2440. The predicted molar refractivity (Wildman–Crippen MR) is 253 cm³/mol. The minimum Gasteiger partial charge on any atom is -0.492 e. The van der Waals surface area contributed by atoms with Gasteiger partial charge >= 0.3 is 0 Å². The van der Waals surface area contributed by atoms with Gasteiger partial charge in [0.2, 0.25) is 11.8 Å². The number of carbonyl (C=O) groups is 5. The topological polar surface area (TPSA) is 247 Å². The molecule has 2 amide bonds. The first-order chi connectivity index (χ1) is 31.7. The number of nitrogens with one attached hydrogen (secondary N) is 1. The van der Waals surface area contributed by atoms with E-state index in [1.165, 1.54) is 11.9 Å². The van der Waals surface area contributed by atoms with Gasteiger partial charge < -0.3 is 36.9 Å². The van der Waals surface area contributed by atoms with Gasteiger partial charge in [-0.2, -0.15) is 5.26 Å². The van der Waals surface area contributed by atoms with Gasteiger partial charge in [-0.1, -0.05) is 62.4 Å². The Kier molecular flexibility index (Phi) is 18.4. The molecule has 0 saturated heterocycles. The second-order valence-corrected chi connectivity index (χ2v) is 16.6. The number of aryl methyl sites for hydroxylation is 2. The van der Waals surface area contributed by atoms with E-state index in [0.717, 1.165) is 17.5 Å². The maximum absolute atomic E-state index is 14.8. The first kappa shape index (κ1) is 50.4. The molecule has 0 unspecified atom stereocenters. The first-order valence-electron chi connectivity index (χ1n) is 22.5. The van der Waals surface area contributed by atoms with E-state index in [-0.39, 0.29) is 82.9 Å². The average molecular weight is 899 g/mol. The van der Waals surface area contributed by atoms with Crippen molar-refractivity contribution in [1.82, 2.24) is 20.2 Å². The van der Waals surface area contributed by atoms with Gasteiger partial charge in [-0.05, 0) is 80.6 Å². The standard InChI is InChI=1S/C51H62N8O7/c1-6-7-9-34-11-14-36(15-12-34)49-56-32(3)47(33(4)57-49)43(61)30-38(19-21-53)51(64)59(5)48-37-16-18-46(66-25-23-55)40(29-37)39-27-35(13-17-45(39)65-24-22-54)28-41(42(60)10-8-20-52)58-50(63)31(2)26-44(48)62/h7,9,11-18,27,29,31,38,41,48H,6,8,10,19,21-26,28,30,53-55H2,1-5H3,(H,58,63)/b9-7+/t31-,38-,41+,48+/m1/s1. The molecule has 7 N–H and O–H groups in total. The number of benzene rings is 3. The van der Waals surface area contributed by atoms with Crippen molar-refractivity contribution >= 4 is 35.2 Å². The number of nitrogens with zero attached hydrogens (tertiary/aromatic N) is 4. The van der Waals surface area contributed by atoms with Crippen LogP contribution < -0.4 is 32.0 Å². The maximum Gasteiger partial charge on any atom is 0.226 e. The third-order valence-corrected chi connectivity index (χ3v) is 11.6. The number of aromatic nitrogens is 2. The molecule has 0 radical (unpaired) electrons. The highest BCUT2D eigenvalue weighted by Gasteiger charge is 2.36. The van der Waals surface area contributed by atoms with Crippen molar-refractivity contribution in [3.05, 3.63) is 100 Å². The number of carbonyl (C=O) groups excluding carboxylic acids is 5. The van der Waals surface area contributed by atoms with Gasteiger partial charge in [0.15, 0.2) is 23.2 Å². The zero-order valence-electron chi connectivity index (χ0n) is 38.6. The fourth-order valence-electron chi connectivity index (χ4n) is 8.21. The van der Waals surface area contributed by atoms with Gasteiger partial charge in [0, 0.05) is 74.3 Å². The SMILES string of the molecule is CC/C=C/c1ccc(-c2nc(C)c(C(=O)C[C@@H](CCN)C(=O)N(C)[C@@H]3C(=O)C[C@@H](C)C(=O)N[C@H](C(=O)CCC#N)Cc4ccc(OCCN)c(c4)-c4cc3ccc4OCCN)c(C)n2)cc1. The van der Waals surface area contributed by atoms with E-state index in [1.807, 2.05) is 42.5 Å². The smallest absolute Gasteiger partial charge is 0.226 e. The fourth-order valence-corrected chi connectivity index (χ4v) is 8.21. The summed E-state index contributed by atoms with van der Waals surface area (Å²) in [6, 6.07) is 18.1. The molecule has 66 heavy (non-hydrogen) atoms. The zero-order valence-corrected chi connectivity index (χ0v) is 38.6. The molecule has 5 rings (SSSR count). The molecule has 1 aromatic heterocycles. The van der Waals surface area contributed by atoms with Crippen LogP contribution in [0, 0.1) is 37.0 Å². The van der Waals surface area contributed by atoms with Gasteiger partial charge in [0.25, 0.3) is 0 Å². The summed E-state index contributed by atoms with van der Waals surface area (Å²) in [5.41, 5.74) is 23.0. The van der Waals surface area contributed by atoms with Crippen LogP contribution in [-0.4, -0.2) is 90.0 Å². The first-order valence-corrected chi connectivity index (χ1v) is 22.5. The van der Waals surface area contributed by atoms with Crippen molar-refractivity contribution in [2.75, 3.05) is 39.9 Å². The number of ether oxygens (including phenoxy) is 2. The lowest BCUT2D eigenvalue weighted by atomic mass is 9.88. The van der Waals surface area contributed by atoms with Crippen LogP contribution in [0.2, 0.25) is 0 Å². The molecule has 348 valence electrons. The summed E-state index contributed by atoms with van der Waals surface area (Å²) in [5, 5.41) is 12.1. The summed E-state index contributed by atoms with van der Waals surface area (Å²) in [6.07, 6.45) is 4.63. The fraction of sp³-hybridized carbons (Fsp3) is 0.412. The third-order valence-electron chi connectivity index (χ3n) is 11.6.